The molecule has 0 aliphatic carbocycles. The first-order valence-electron chi connectivity index (χ1n) is 6.24. The van der Waals surface area contributed by atoms with E-state index in [2.05, 4.69) is 10.1 Å². The zero-order valence-electron chi connectivity index (χ0n) is 11.4. The predicted molar refractivity (Wildman–Crippen MR) is 83.7 cm³/mol. The van der Waals surface area contributed by atoms with Crippen molar-refractivity contribution in [2.45, 2.75) is 0 Å². The summed E-state index contributed by atoms with van der Waals surface area (Å²) in [5.41, 5.74) is 1.92. The van der Waals surface area contributed by atoms with Gasteiger partial charge in [0.15, 0.2) is 5.69 Å². The van der Waals surface area contributed by atoms with Crippen LogP contribution < -0.4 is 4.31 Å². The first-order valence-corrected chi connectivity index (χ1v) is 8.15. The fraction of sp³-hybridized carbons (Fsp3) is 0. The van der Waals surface area contributed by atoms with E-state index in [4.69, 9.17) is 5.11 Å². The molecule has 8 nitrogen and oxygen atoms in total. The molecule has 0 saturated carbocycles. The SMILES string of the molecule is O=C(O)c1ncsc1N(c1cnn(-c2ccccc2)c1)S(=O)[O-]. The molecule has 0 aliphatic heterocycles. The molecule has 0 saturated heterocycles. The molecule has 10 heteroatoms. The van der Waals surface area contributed by atoms with Gasteiger partial charge in [0.2, 0.25) is 0 Å². The van der Waals surface area contributed by atoms with Crippen molar-refractivity contribution in [3.8, 4) is 5.69 Å². The zero-order valence-corrected chi connectivity index (χ0v) is 13.0. The number of carboxylic acids is 1. The topological polar surface area (TPSA) is 111 Å². The second-order valence-corrected chi connectivity index (χ2v) is 5.93. The summed E-state index contributed by atoms with van der Waals surface area (Å²) in [7, 11) is 0. The average Bonchev–Trinajstić information content (AvgIpc) is 3.18. The second kappa shape index (κ2) is 6.28. The van der Waals surface area contributed by atoms with Crippen LogP contribution in [-0.2, 0) is 11.3 Å². The minimum Gasteiger partial charge on any atom is -0.755 e. The fourth-order valence-corrected chi connectivity index (χ4v) is 3.45. The maximum Gasteiger partial charge on any atom is 0.357 e. The van der Waals surface area contributed by atoms with Crippen LogP contribution in [0.4, 0.5) is 10.7 Å². The van der Waals surface area contributed by atoms with E-state index in [1.807, 2.05) is 30.3 Å². The summed E-state index contributed by atoms with van der Waals surface area (Å²) in [4.78, 5) is 14.8. The largest absolute Gasteiger partial charge is 0.755 e. The number of para-hydroxylation sites is 1. The molecule has 23 heavy (non-hydrogen) atoms. The van der Waals surface area contributed by atoms with Gasteiger partial charge < -0.3 is 9.66 Å². The van der Waals surface area contributed by atoms with E-state index < -0.39 is 17.2 Å². The van der Waals surface area contributed by atoms with Crippen LogP contribution in [0.5, 0.6) is 0 Å². The van der Waals surface area contributed by atoms with Crippen LogP contribution >= 0.6 is 11.3 Å². The van der Waals surface area contributed by atoms with Crippen LogP contribution in [0.3, 0.4) is 0 Å². The molecule has 0 fully saturated rings. The molecule has 118 valence electrons. The van der Waals surface area contributed by atoms with E-state index in [-0.39, 0.29) is 16.4 Å². The van der Waals surface area contributed by atoms with Crippen LogP contribution in [0.15, 0.2) is 48.2 Å². The molecule has 3 rings (SSSR count). The number of thiazole rings is 1. The minimum atomic E-state index is -2.72. The quantitative estimate of drug-likeness (QED) is 0.705. The Morgan fingerprint density at radius 1 is 1.35 bits per heavy atom. The molecule has 1 aromatic carbocycles. The third kappa shape index (κ3) is 2.99. The van der Waals surface area contributed by atoms with Crippen molar-refractivity contribution in [2.24, 2.45) is 0 Å². The highest BCUT2D eigenvalue weighted by Gasteiger charge is 2.23. The lowest BCUT2D eigenvalue weighted by molar-refractivity contribution is 0.0692. The van der Waals surface area contributed by atoms with E-state index in [0.29, 0.717) is 0 Å². The first-order chi connectivity index (χ1) is 11.1. The summed E-state index contributed by atoms with van der Waals surface area (Å²) in [6.45, 7) is 0. The zero-order chi connectivity index (χ0) is 16.4. The minimum absolute atomic E-state index is 0.00144. The van der Waals surface area contributed by atoms with Gasteiger partial charge in [-0.3, -0.25) is 8.51 Å². The van der Waals surface area contributed by atoms with Gasteiger partial charge in [0.05, 0.1) is 40.5 Å². The number of benzene rings is 1. The number of anilines is 2. The summed E-state index contributed by atoms with van der Waals surface area (Å²) in [6.07, 6.45) is 2.84. The summed E-state index contributed by atoms with van der Waals surface area (Å²) in [6, 6.07) is 9.12. The molecule has 1 atom stereocenters. The molecular weight excluding hydrogens is 340 g/mol. The van der Waals surface area contributed by atoms with Crippen molar-refractivity contribution in [1.29, 1.82) is 0 Å². The molecule has 3 aromatic rings. The summed E-state index contributed by atoms with van der Waals surface area (Å²) in [5.74, 6) is -1.30. The normalized spacial score (nSPS) is 12.0. The van der Waals surface area contributed by atoms with E-state index in [0.717, 1.165) is 21.3 Å². The number of carbonyl (C=O) groups is 1. The van der Waals surface area contributed by atoms with Gasteiger partial charge in [-0.05, 0) is 12.1 Å². The number of hydrogen-bond acceptors (Lipinski definition) is 6. The van der Waals surface area contributed by atoms with Gasteiger partial charge >= 0.3 is 5.97 Å². The van der Waals surface area contributed by atoms with E-state index in [1.165, 1.54) is 22.6 Å². The molecule has 0 bridgehead atoms. The van der Waals surface area contributed by atoms with Crippen LogP contribution in [0, 0.1) is 0 Å². The van der Waals surface area contributed by atoms with Crippen LogP contribution in [0.2, 0.25) is 0 Å². The number of rotatable bonds is 5. The van der Waals surface area contributed by atoms with Gasteiger partial charge in [0.1, 0.15) is 5.00 Å². The lowest BCUT2D eigenvalue weighted by atomic mass is 10.3. The van der Waals surface area contributed by atoms with Crippen molar-refractivity contribution in [2.75, 3.05) is 4.31 Å². The molecule has 0 aliphatic rings. The van der Waals surface area contributed by atoms with Gasteiger partial charge in [-0.2, -0.15) is 5.10 Å². The molecule has 1 N–H and O–H groups in total. The van der Waals surface area contributed by atoms with E-state index in [1.54, 1.807) is 0 Å². The van der Waals surface area contributed by atoms with Crippen LogP contribution in [-0.4, -0.2) is 34.6 Å². The molecular formula is C13H9N4O4S2-. The Balaban J connectivity index is 2.03. The van der Waals surface area contributed by atoms with Gasteiger partial charge in [-0.1, -0.05) is 18.2 Å². The first kappa shape index (κ1) is 15.3. The average molecular weight is 349 g/mol. The molecule has 2 aromatic heterocycles. The Kier molecular flexibility index (Phi) is 4.19. The standard InChI is InChI=1S/C13H10N4O4S2/c18-13(19)11-12(22-8-14-11)17(23(20)21)10-6-15-16(7-10)9-4-2-1-3-5-9/h1-8H,(H,18,19)(H,20,21)/p-1. The van der Waals surface area contributed by atoms with Gasteiger partial charge in [0, 0.05) is 0 Å². The van der Waals surface area contributed by atoms with Crippen molar-refractivity contribution in [3.05, 3.63) is 53.9 Å². The third-order valence-corrected chi connectivity index (χ3v) is 4.53. The Bertz CT molecular complexity index is 862. The Hall–Kier alpha value is -2.56. The fourth-order valence-electron chi connectivity index (χ4n) is 1.94. The number of nitrogens with zero attached hydrogens (tertiary/aromatic N) is 4. The summed E-state index contributed by atoms with van der Waals surface area (Å²) < 4.78 is 25.5. The Morgan fingerprint density at radius 3 is 2.74 bits per heavy atom. The molecule has 0 amide bonds. The Morgan fingerprint density at radius 2 is 2.09 bits per heavy atom. The maximum atomic E-state index is 11.6. The lowest BCUT2D eigenvalue weighted by Gasteiger charge is -2.23. The van der Waals surface area contributed by atoms with Crippen LogP contribution in [0.25, 0.3) is 5.69 Å². The molecule has 1 unspecified atom stereocenters. The van der Waals surface area contributed by atoms with Crippen molar-refractivity contribution < 1.29 is 18.7 Å². The highest BCUT2D eigenvalue weighted by atomic mass is 32.2. The Labute approximate surface area is 137 Å². The van der Waals surface area contributed by atoms with Crippen LogP contribution in [0.1, 0.15) is 10.5 Å². The molecule has 2 heterocycles. The van der Waals surface area contributed by atoms with Gasteiger partial charge in [-0.25, -0.2) is 14.5 Å². The van der Waals surface area contributed by atoms with E-state index in [9.17, 15) is 13.6 Å². The highest BCUT2D eigenvalue weighted by molar-refractivity contribution is 7.81. The summed E-state index contributed by atoms with van der Waals surface area (Å²) in [5, 5.41) is 13.2. The lowest BCUT2D eigenvalue weighted by Crippen LogP contribution is -2.20. The van der Waals surface area contributed by atoms with Crippen molar-refractivity contribution in [3.63, 3.8) is 0 Å². The molecule has 0 radical (unpaired) electrons. The smallest absolute Gasteiger partial charge is 0.357 e. The number of aromatic carboxylic acids is 1. The van der Waals surface area contributed by atoms with Crippen molar-refractivity contribution in [1.82, 2.24) is 14.8 Å². The van der Waals surface area contributed by atoms with Gasteiger partial charge in [-0.15, -0.1) is 11.3 Å². The number of aromatic nitrogens is 3. The second-order valence-electron chi connectivity index (χ2n) is 4.30. The molecule has 0 spiro atoms. The summed E-state index contributed by atoms with van der Waals surface area (Å²) >= 11 is -1.80. The van der Waals surface area contributed by atoms with Gasteiger partial charge in [0.25, 0.3) is 0 Å². The highest BCUT2D eigenvalue weighted by Crippen LogP contribution is 2.33. The number of carboxylic acid groups (broad SMARTS) is 1. The van der Waals surface area contributed by atoms with Crippen molar-refractivity contribution >= 4 is 39.3 Å². The van der Waals surface area contributed by atoms with E-state index >= 15 is 0 Å². The monoisotopic (exact) mass is 349 g/mol. The maximum absolute atomic E-state index is 11.6. The third-order valence-electron chi connectivity index (χ3n) is 2.91. The number of hydrogen-bond donors (Lipinski definition) is 1. The predicted octanol–water partition coefficient (Wildman–Crippen LogP) is 1.96.